The first-order chi connectivity index (χ1) is 10.3. The zero-order valence-corrected chi connectivity index (χ0v) is 16.3. The van der Waals surface area contributed by atoms with E-state index in [9.17, 15) is 0 Å². The number of aliphatic imine (C=N–C) groups is 1. The van der Waals surface area contributed by atoms with E-state index < -0.39 is 0 Å². The van der Waals surface area contributed by atoms with Crippen LogP contribution in [-0.2, 0) is 13.0 Å². The maximum absolute atomic E-state index is 4.63. The molecule has 2 rings (SSSR count). The first-order valence-electron chi connectivity index (χ1n) is 7.38. The van der Waals surface area contributed by atoms with Crippen molar-refractivity contribution in [2.75, 3.05) is 13.1 Å². The predicted molar refractivity (Wildman–Crippen MR) is 107 cm³/mol. The van der Waals surface area contributed by atoms with E-state index in [1.807, 2.05) is 0 Å². The zero-order valence-electron chi connectivity index (χ0n) is 13.1. The molecule has 0 radical (unpaired) electrons. The molecule has 1 heterocycles. The van der Waals surface area contributed by atoms with Gasteiger partial charge in [-0.2, -0.15) is 0 Å². The number of guanidine groups is 1. The molecule has 2 N–H and O–H groups in total. The largest absolute Gasteiger partial charge is 0.357 e. The van der Waals surface area contributed by atoms with Gasteiger partial charge in [0, 0.05) is 18.0 Å². The lowest BCUT2D eigenvalue weighted by atomic mass is 10.1. The quantitative estimate of drug-likeness (QED) is 0.414. The van der Waals surface area contributed by atoms with Crippen LogP contribution in [0.5, 0.6) is 0 Å². The van der Waals surface area contributed by atoms with E-state index in [4.69, 9.17) is 0 Å². The summed E-state index contributed by atoms with van der Waals surface area (Å²) in [5.41, 5.74) is 2.51. The molecule has 3 nitrogen and oxygen atoms in total. The van der Waals surface area contributed by atoms with Gasteiger partial charge in [-0.25, -0.2) is 4.99 Å². The molecule has 0 saturated heterocycles. The van der Waals surface area contributed by atoms with E-state index in [1.54, 1.807) is 11.3 Å². The van der Waals surface area contributed by atoms with Gasteiger partial charge in [0.15, 0.2) is 5.96 Å². The lowest BCUT2D eigenvalue weighted by Crippen LogP contribution is -2.38. The Hall–Kier alpha value is -1.08. The molecule has 0 aliphatic heterocycles. The van der Waals surface area contributed by atoms with Crippen LogP contribution in [0.25, 0.3) is 0 Å². The molecule has 0 fully saturated rings. The van der Waals surface area contributed by atoms with Gasteiger partial charge in [-0.1, -0.05) is 35.9 Å². The van der Waals surface area contributed by atoms with Crippen molar-refractivity contribution in [2.45, 2.75) is 26.8 Å². The number of thiophene rings is 1. The number of rotatable bonds is 6. The molecule has 0 saturated carbocycles. The van der Waals surface area contributed by atoms with Crippen molar-refractivity contribution in [3.63, 3.8) is 0 Å². The summed E-state index contributed by atoms with van der Waals surface area (Å²) in [6.45, 7) is 6.67. The number of nitrogens with zero attached hydrogens (tertiary/aromatic N) is 1. The standard InChI is InChI=1S/C17H23N3S.HI/c1-3-18-17(19-11-10-16-5-4-12-21-16)20-13-15-8-6-14(2)7-9-15;/h4-9,12H,3,10-11,13H2,1-2H3,(H2,18,19,20);1H. The van der Waals surface area contributed by atoms with E-state index in [-0.39, 0.29) is 24.0 Å². The van der Waals surface area contributed by atoms with Crippen LogP contribution in [0.1, 0.15) is 22.9 Å². The Labute approximate surface area is 154 Å². The highest BCUT2D eigenvalue weighted by Crippen LogP contribution is 2.08. The average molecular weight is 429 g/mol. The van der Waals surface area contributed by atoms with Crippen molar-refractivity contribution < 1.29 is 0 Å². The van der Waals surface area contributed by atoms with Gasteiger partial charge >= 0.3 is 0 Å². The van der Waals surface area contributed by atoms with Gasteiger partial charge in [0.05, 0.1) is 6.54 Å². The summed E-state index contributed by atoms with van der Waals surface area (Å²) in [7, 11) is 0. The Kier molecular flexibility index (Phi) is 9.15. The highest BCUT2D eigenvalue weighted by atomic mass is 127. The molecule has 22 heavy (non-hydrogen) atoms. The number of nitrogens with one attached hydrogen (secondary N) is 2. The molecule has 1 aromatic carbocycles. The third-order valence-electron chi connectivity index (χ3n) is 3.13. The summed E-state index contributed by atoms with van der Waals surface area (Å²) in [5, 5.41) is 8.79. The fraction of sp³-hybridized carbons (Fsp3) is 0.353. The van der Waals surface area contributed by atoms with Crippen LogP contribution in [0.3, 0.4) is 0 Å². The van der Waals surface area contributed by atoms with Gasteiger partial charge in [0.1, 0.15) is 0 Å². The molecule has 0 amide bonds. The Morgan fingerprint density at radius 2 is 1.91 bits per heavy atom. The first kappa shape index (κ1) is 19.0. The van der Waals surface area contributed by atoms with Crippen molar-refractivity contribution in [1.29, 1.82) is 0 Å². The van der Waals surface area contributed by atoms with Crippen molar-refractivity contribution in [1.82, 2.24) is 10.6 Å². The van der Waals surface area contributed by atoms with Crippen LogP contribution >= 0.6 is 35.3 Å². The third kappa shape index (κ3) is 6.79. The monoisotopic (exact) mass is 429 g/mol. The van der Waals surface area contributed by atoms with Crippen LogP contribution < -0.4 is 10.6 Å². The second-order valence-corrected chi connectivity index (χ2v) is 5.97. The Morgan fingerprint density at radius 1 is 1.14 bits per heavy atom. The maximum Gasteiger partial charge on any atom is 0.191 e. The van der Waals surface area contributed by atoms with E-state index in [0.717, 1.165) is 25.5 Å². The summed E-state index contributed by atoms with van der Waals surface area (Å²) in [6.07, 6.45) is 1.03. The van der Waals surface area contributed by atoms with E-state index in [1.165, 1.54) is 16.0 Å². The van der Waals surface area contributed by atoms with Gasteiger partial charge in [-0.15, -0.1) is 35.3 Å². The molecule has 1 aromatic heterocycles. The Bertz CT molecular complexity index is 550. The number of benzene rings is 1. The van der Waals surface area contributed by atoms with Crippen molar-refractivity contribution >= 4 is 41.3 Å². The van der Waals surface area contributed by atoms with E-state index in [0.29, 0.717) is 6.54 Å². The van der Waals surface area contributed by atoms with Gasteiger partial charge in [0.2, 0.25) is 0 Å². The molecular weight excluding hydrogens is 405 g/mol. The highest BCUT2D eigenvalue weighted by Gasteiger charge is 1.99. The second-order valence-electron chi connectivity index (χ2n) is 4.94. The molecule has 2 aromatic rings. The summed E-state index contributed by atoms with van der Waals surface area (Å²) in [6, 6.07) is 12.8. The van der Waals surface area contributed by atoms with Crippen molar-refractivity contribution in [2.24, 2.45) is 4.99 Å². The first-order valence-corrected chi connectivity index (χ1v) is 8.26. The van der Waals surface area contributed by atoms with Crippen LogP contribution in [0.15, 0.2) is 46.8 Å². The summed E-state index contributed by atoms with van der Waals surface area (Å²) in [5.74, 6) is 0.884. The van der Waals surface area contributed by atoms with Crippen LogP contribution in [0.4, 0.5) is 0 Å². The minimum absolute atomic E-state index is 0. The molecular formula is C17H24IN3S. The predicted octanol–water partition coefficient (Wildman–Crippen LogP) is 3.97. The van der Waals surface area contributed by atoms with Crippen LogP contribution in [0, 0.1) is 6.92 Å². The summed E-state index contributed by atoms with van der Waals surface area (Å²) < 4.78 is 0. The summed E-state index contributed by atoms with van der Waals surface area (Å²) in [4.78, 5) is 6.03. The topological polar surface area (TPSA) is 36.4 Å². The molecule has 0 atom stereocenters. The number of hydrogen-bond acceptors (Lipinski definition) is 2. The minimum atomic E-state index is 0. The summed E-state index contributed by atoms with van der Waals surface area (Å²) >= 11 is 1.80. The fourth-order valence-electron chi connectivity index (χ4n) is 1.96. The molecule has 0 bridgehead atoms. The SMILES string of the molecule is CCNC(=NCc1ccc(C)cc1)NCCc1cccs1.I. The lowest BCUT2D eigenvalue weighted by molar-refractivity contribution is 0.804. The number of halogens is 1. The molecule has 0 aliphatic rings. The molecule has 0 unspecified atom stereocenters. The minimum Gasteiger partial charge on any atom is -0.357 e. The van der Waals surface area contributed by atoms with Crippen LogP contribution in [-0.4, -0.2) is 19.0 Å². The fourth-order valence-corrected chi connectivity index (χ4v) is 2.67. The van der Waals surface area contributed by atoms with E-state index in [2.05, 4.69) is 71.3 Å². The molecule has 120 valence electrons. The van der Waals surface area contributed by atoms with Crippen molar-refractivity contribution in [3.8, 4) is 0 Å². The zero-order chi connectivity index (χ0) is 14.9. The van der Waals surface area contributed by atoms with Gasteiger partial charge in [0.25, 0.3) is 0 Å². The van der Waals surface area contributed by atoms with Gasteiger partial charge < -0.3 is 10.6 Å². The Morgan fingerprint density at radius 3 is 2.55 bits per heavy atom. The van der Waals surface area contributed by atoms with Gasteiger partial charge in [-0.05, 0) is 37.3 Å². The third-order valence-corrected chi connectivity index (χ3v) is 4.06. The van der Waals surface area contributed by atoms with Crippen molar-refractivity contribution in [3.05, 3.63) is 57.8 Å². The average Bonchev–Trinajstić information content (AvgIpc) is 3.00. The van der Waals surface area contributed by atoms with E-state index >= 15 is 0 Å². The van der Waals surface area contributed by atoms with Gasteiger partial charge in [-0.3, -0.25) is 0 Å². The second kappa shape index (κ2) is 10.6. The number of aryl methyl sites for hydroxylation is 1. The lowest BCUT2D eigenvalue weighted by Gasteiger charge is -2.10. The molecule has 5 heteroatoms. The maximum atomic E-state index is 4.63. The smallest absolute Gasteiger partial charge is 0.191 e. The van der Waals surface area contributed by atoms with Crippen LogP contribution in [0.2, 0.25) is 0 Å². The normalized spacial score (nSPS) is 10.9. The highest BCUT2D eigenvalue weighted by molar-refractivity contribution is 14.0. The molecule has 0 spiro atoms. The Balaban J connectivity index is 0.00000242. The molecule has 0 aliphatic carbocycles. The number of hydrogen-bond donors (Lipinski definition) is 2.